The highest BCUT2D eigenvalue weighted by Crippen LogP contribution is 2.43. The molecule has 0 bridgehead atoms. The minimum Gasteiger partial charge on any atom is -0.423 e. The van der Waals surface area contributed by atoms with Crippen LogP contribution in [0.15, 0.2) is 71.5 Å². The molecule has 24 heteroatoms. The highest BCUT2D eigenvalue weighted by Gasteiger charge is 2.33. The van der Waals surface area contributed by atoms with Gasteiger partial charge < -0.3 is 29.7 Å². The molecule has 0 amide bonds. The zero-order chi connectivity index (χ0) is 52.6. The number of fused-ring (bicyclic) bond motifs is 2. The Hall–Kier alpha value is -4.72. The zero-order valence-electron chi connectivity index (χ0n) is 39.7. The number of ether oxygens (including phenoxy) is 2. The van der Waals surface area contributed by atoms with E-state index in [0.29, 0.717) is 68.3 Å². The molecule has 0 fully saturated rings. The number of aryl methyl sites for hydroxylation is 2. The number of aliphatic hydroxyl groups excluding tert-OH is 2. The summed E-state index contributed by atoms with van der Waals surface area (Å²) in [5.74, 6) is -0.488. The van der Waals surface area contributed by atoms with E-state index in [1.807, 2.05) is 41.5 Å². The molecule has 0 radical (unpaired) electrons. The number of hydrogen-bond acceptors (Lipinski definition) is 12. The van der Waals surface area contributed by atoms with Crippen LogP contribution in [-0.2, 0) is 27.2 Å². The molecule has 4 aromatic heterocycles. The van der Waals surface area contributed by atoms with Gasteiger partial charge >= 0.3 is 31.2 Å². The van der Waals surface area contributed by atoms with Crippen molar-refractivity contribution in [1.82, 2.24) is 18.3 Å². The molecule has 2 unspecified atom stereocenters. The normalized spacial score (nSPS) is 12.8. The number of aromatic nitrogens is 4. The van der Waals surface area contributed by atoms with Crippen LogP contribution >= 0.6 is 38.6 Å². The molecule has 0 aliphatic heterocycles. The van der Waals surface area contributed by atoms with E-state index in [1.165, 1.54) is 55.4 Å². The monoisotopic (exact) mass is 1090 g/mol. The fourth-order valence-electron chi connectivity index (χ4n) is 7.39. The number of unbranched alkanes of at least 4 members (excludes halogenated alkanes) is 2. The smallest absolute Gasteiger partial charge is 0.423 e. The zero-order valence-corrected chi connectivity index (χ0v) is 42.9. The predicted molar refractivity (Wildman–Crippen MR) is 264 cm³/mol. The predicted octanol–water partition coefficient (Wildman–Crippen LogP) is 8.88. The van der Waals surface area contributed by atoms with Crippen molar-refractivity contribution in [3.8, 4) is 21.9 Å². The maximum absolute atomic E-state index is 13.4. The SMILES string of the molecule is CCCCn1c(=O)c2c(C(O)CC(C)C)c(-c3cccc(OC(F)(F)F)c3)sc2n(C)c1=O.CCCCn1c(=O)c2c(C(O)CC(C)C)c(Br)sc2n(C)c1=O.OB(O)c1cccc(OC(F)(F)F)c1. The Morgan fingerprint density at radius 1 is 0.671 bits per heavy atom. The Morgan fingerprint density at radius 2 is 1.10 bits per heavy atom. The number of hydrogen-bond donors (Lipinski definition) is 4. The van der Waals surface area contributed by atoms with Gasteiger partial charge in [0, 0.05) is 43.2 Å². The summed E-state index contributed by atoms with van der Waals surface area (Å²) in [5.41, 5.74) is -0.305. The summed E-state index contributed by atoms with van der Waals surface area (Å²) in [6, 6.07) is 9.88. The van der Waals surface area contributed by atoms with Crippen LogP contribution in [0.3, 0.4) is 0 Å². The maximum atomic E-state index is 13.4. The van der Waals surface area contributed by atoms with Gasteiger partial charge in [0.1, 0.15) is 21.2 Å². The summed E-state index contributed by atoms with van der Waals surface area (Å²) < 4.78 is 87.1. The van der Waals surface area contributed by atoms with Crippen LogP contribution in [0.4, 0.5) is 26.3 Å². The quantitative estimate of drug-likeness (QED) is 0.0539. The van der Waals surface area contributed by atoms with E-state index >= 15 is 0 Å². The maximum Gasteiger partial charge on any atom is 0.573 e. The van der Waals surface area contributed by atoms with Crippen LogP contribution < -0.4 is 37.4 Å². The van der Waals surface area contributed by atoms with Crippen molar-refractivity contribution >= 4 is 71.6 Å². The van der Waals surface area contributed by atoms with Crippen LogP contribution in [0.5, 0.6) is 11.5 Å². The summed E-state index contributed by atoms with van der Waals surface area (Å²) in [4.78, 5) is 52.9. The molecule has 14 nitrogen and oxygen atoms in total. The van der Waals surface area contributed by atoms with Gasteiger partial charge in [0.05, 0.1) is 26.8 Å². The third kappa shape index (κ3) is 14.7. The molecular formula is C46H56BBrF6N4O10S2. The fourth-order valence-corrected chi connectivity index (χ4v) is 10.6. The third-order valence-electron chi connectivity index (χ3n) is 10.6. The van der Waals surface area contributed by atoms with E-state index in [1.54, 1.807) is 20.2 Å². The van der Waals surface area contributed by atoms with Crippen molar-refractivity contribution in [2.75, 3.05) is 0 Å². The standard InChI is InChI=1S/C23H27F3N2O4S.C16H23BrN2O3S.C7H6BF3O3/c1-5-6-10-28-20(30)18-17(16(29)11-13(2)3)19(33-21(18)27(4)22(28)31)14-8-7-9-15(12-14)32-23(24,25)26;1-5-6-7-19-14(21)12-11(10(20)8-9(2)3)13(17)23-15(12)18(4)16(19)22;9-7(10,11)14-6-3-1-2-5(4-6)8(12)13/h7-9,12-13,16,29H,5-6,10-11H2,1-4H3;9-10,20H,5-8H2,1-4H3;1-4,12-13H. The highest BCUT2D eigenvalue weighted by atomic mass is 79.9. The molecule has 0 saturated carbocycles. The summed E-state index contributed by atoms with van der Waals surface area (Å²) in [5, 5.41) is 39.7. The number of alkyl halides is 6. The second-order valence-corrected chi connectivity index (χ2v) is 20.5. The van der Waals surface area contributed by atoms with Crippen LogP contribution in [0.2, 0.25) is 0 Å². The van der Waals surface area contributed by atoms with E-state index < -0.39 is 54.8 Å². The lowest BCUT2D eigenvalue weighted by Crippen LogP contribution is -2.39. The lowest BCUT2D eigenvalue weighted by molar-refractivity contribution is -0.275. The Labute approximate surface area is 415 Å². The molecule has 70 heavy (non-hydrogen) atoms. The molecule has 6 aromatic rings. The number of nitrogens with zero attached hydrogens (tertiary/aromatic N) is 4. The molecule has 6 rings (SSSR count). The molecule has 0 aliphatic carbocycles. The van der Waals surface area contributed by atoms with Gasteiger partial charge in [0.25, 0.3) is 11.1 Å². The molecule has 2 atom stereocenters. The van der Waals surface area contributed by atoms with E-state index in [-0.39, 0.29) is 34.6 Å². The average molecular weight is 1090 g/mol. The van der Waals surface area contributed by atoms with Crippen molar-refractivity contribution in [3.63, 3.8) is 0 Å². The van der Waals surface area contributed by atoms with Crippen LogP contribution in [0.25, 0.3) is 30.9 Å². The summed E-state index contributed by atoms with van der Waals surface area (Å²) in [6.07, 6.45) is -7.37. The molecular weight excluding hydrogens is 1040 g/mol. The fraction of sp³-hybridized carbons (Fsp3) is 0.478. The second kappa shape index (κ2) is 24.6. The summed E-state index contributed by atoms with van der Waals surface area (Å²) in [6.45, 7) is 12.5. The molecule has 2 aromatic carbocycles. The lowest BCUT2D eigenvalue weighted by Gasteiger charge is -2.16. The van der Waals surface area contributed by atoms with Gasteiger partial charge in [-0.05, 0) is 88.7 Å². The highest BCUT2D eigenvalue weighted by molar-refractivity contribution is 9.11. The Morgan fingerprint density at radius 3 is 1.54 bits per heavy atom. The van der Waals surface area contributed by atoms with Gasteiger partial charge in [-0.25, -0.2) is 9.59 Å². The van der Waals surface area contributed by atoms with E-state index in [2.05, 4.69) is 25.4 Å². The van der Waals surface area contributed by atoms with Crippen LogP contribution in [0, 0.1) is 11.8 Å². The van der Waals surface area contributed by atoms with Crippen LogP contribution in [0.1, 0.15) is 103 Å². The minimum absolute atomic E-state index is 0.0632. The molecule has 0 spiro atoms. The molecule has 384 valence electrons. The lowest BCUT2D eigenvalue weighted by atomic mass is 9.80. The Bertz CT molecular complexity index is 2980. The largest absolute Gasteiger partial charge is 0.573 e. The van der Waals surface area contributed by atoms with Crippen molar-refractivity contribution in [2.45, 2.75) is 118 Å². The van der Waals surface area contributed by atoms with Gasteiger partial charge in [-0.3, -0.25) is 27.9 Å². The van der Waals surface area contributed by atoms with Gasteiger partial charge in [-0.2, -0.15) is 0 Å². The van der Waals surface area contributed by atoms with Gasteiger partial charge in [0.2, 0.25) is 0 Å². The first-order chi connectivity index (χ1) is 32.6. The molecule has 0 aliphatic rings. The summed E-state index contributed by atoms with van der Waals surface area (Å²) in [7, 11) is 1.41. The van der Waals surface area contributed by atoms with Crippen LogP contribution in [-0.4, -0.2) is 58.4 Å². The number of benzene rings is 2. The van der Waals surface area contributed by atoms with Crippen molar-refractivity contribution in [1.29, 1.82) is 0 Å². The van der Waals surface area contributed by atoms with Crippen molar-refractivity contribution in [2.24, 2.45) is 25.9 Å². The van der Waals surface area contributed by atoms with E-state index in [9.17, 15) is 55.7 Å². The topological polar surface area (TPSA) is 187 Å². The number of thiophene rings is 2. The van der Waals surface area contributed by atoms with E-state index in [4.69, 9.17) is 10.0 Å². The Kier molecular flexibility index (Phi) is 20.3. The molecule has 4 heterocycles. The third-order valence-corrected chi connectivity index (χ3v) is 13.9. The molecule has 0 saturated heterocycles. The number of halogens is 7. The number of aliphatic hydroxyl groups is 2. The first-order valence-corrected chi connectivity index (χ1v) is 24.7. The first kappa shape index (κ1) is 57.9. The van der Waals surface area contributed by atoms with Crippen molar-refractivity contribution < 1.29 is 56.1 Å². The van der Waals surface area contributed by atoms with Gasteiger partial charge in [-0.15, -0.1) is 49.0 Å². The van der Waals surface area contributed by atoms with Gasteiger partial charge in [0.15, 0.2) is 0 Å². The van der Waals surface area contributed by atoms with Crippen molar-refractivity contribution in [3.05, 3.63) is 105 Å². The number of rotatable bonds is 16. The first-order valence-electron chi connectivity index (χ1n) is 22.2. The minimum atomic E-state index is -4.85. The van der Waals surface area contributed by atoms with E-state index in [0.717, 1.165) is 51.1 Å². The second-order valence-electron chi connectivity index (χ2n) is 17.2. The average Bonchev–Trinajstić information content (AvgIpc) is 3.83. The Balaban J connectivity index is 0.000000249. The van der Waals surface area contributed by atoms with Gasteiger partial charge in [-0.1, -0.05) is 78.6 Å². The summed E-state index contributed by atoms with van der Waals surface area (Å²) >= 11 is 5.89. The molecule has 4 N–H and O–H groups in total.